The Morgan fingerprint density at radius 2 is 2.04 bits per heavy atom. The van der Waals surface area contributed by atoms with Gasteiger partial charge in [0.25, 0.3) is 0 Å². The maximum Gasteiger partial charge on any atom is 0.407 e. The topological polar surface area (TPSA) is 92.8 Å². The van der Waals surface area contributed by atoms with Crippen LogP contribution in [0.2, 0.25) is 0 Å². The number of sulfone groups is 1. The fraction of sp³-hybridized carbons (Fsp3) is 0.733. The van der Waals surface area contributed by atoms with E-state index in [-0.39, 0.29) is 43.0 Å². The van der Waals surface area contributed by atoms with Gasteiger partial charge in [0, 0.05) is 19.0 Å². The van der Waals surface area contributed by atoms with Crippen LogP contribution in [0.3, 0.4) is 0 Å². The monoisotopic (exact) mass is 344 g/mol. The smallest absolute Gasteiger partial charge is 0.407 e. The van der Waals surface area contributed by atoms with Crippen molar-refractivity contribution in [3.8, 4) is 12.3 Å². The molecule has 1 aliphatic heterocycles. The number of nitrogens with zero attached hydrogens (tertiary/aromatic N) is 1. The van der Waals surface area contributed by atoms with Crippen LogP contribution in [0.15, 0.2) is 0 Å². The molecular weight excluding hydrogens is 320 g/mol. The zero-order chi connectivity index (χ0) is 17.7. The fourth-order valence-corrected chi connectivity index (χ4v) is 4.00. The predicted molar refractivity (Wildman–Crippen MR) is 86.5 cm³/mol. The lowest BCUT2D eigenvalue weighted by Crippen LogP contribution is -2.43. The van der Waals surface area contributed by atoms with E-state index in [0.717, 1.165) is 0 Å². The molecule has 0 aromatic carbocycles. The number of terminal acetylenes is 1. The molecule has 1 unspecified atom stereocenters. The summed E-state index contributed by atoms with van der Waals surface area (Å²) in [5.74, 6) is 2.12. The number of carbonyl (C=O) groups excluding carboxylic acids is 2. The van der Waals surface area contributed by atoms with Gasteiger partial charge in [-0.15, -0.1) is 6.42 Å². The predicted octanol–water partition coefficient (Wildman–Crippen LogP) is 0.550. The van der Waals surface area contributed by atoms with Crippen LogP contribution in [-0.4, -0.2) is 61.6 Å². The molecule has 1 heterocycles. The number of hydrogen-bond acceptors (Lipinski definition) is 5. The van der Waals surface area contributed by atoms with Crippen molar-refractivity contribution < 1.29 is 22.7 Å². The number of amides is 2. The molecule has 1 fully saturated rings. The summed E-state index contributed by atoms with van der Waals surface area (Å²) in [6.45, 7) is 5.40. The van der Waals surface area contributed by atoms with Gasteiger partial charge < -0.3 is 15.0 Å². The summed E-state index contributed by atoms with van der Waals surface area (Å²) < 4.78 is 28.2. The first kappa shape index (κ1) is 19.3. The highest BCUT2D eigenvalue weighted by Gasteiger charge is 2.34. The Morgan fingerprint density at radius 3 is 2.52 bits per heavy atom. The van der Waals surface area contributed by atoms with Gasteiger partial charge in [-0.3, -0.25) is 4.79 Å². The summed E-state index contributed by atoms with van der Waals surface area (Å²) in [5, 5.41) is 2.50. The van der Waals surface area contributed by atoms with Crippen molar-refractivity contribution in [2.75, 3.05) is 24.6 Å². The summed E-state index contributed by atoms with van der Waals surface area (Å²) >= 11 is 0. The van der Waals surface area contributed by atoms with Crippen LogP contribution in [-0.2, 0) is 19.4 Å². The van der Waals surface area contributed by atoms with E-state index in [1.807, 2.05) is 0 Å². The van der Waals surface area contributed by atoms with Crippen LogP contribution in [0.4, 0.5) is 4.79 Å². The van der Waals surface area contributed by atoms with E-state index >= 15 is 0 Å². The average molecular weight is 344 g/mol. The normalized spacial score (nSPS) is 19.7. The molecule has 130 valence electrons. The minimum atomic E-state index is -3.10. The molecule has 8 heteroatoms. The average Bonchev–Trinajstić information content (AvgIpc) is 2.73. The van der Waals surface area contributed by atoms with Gasteiger partial charge in [-0.25, -0.2) is 13.2 Å². The zero-order valence-electron chi connectivity index (χ0n) is 13.8. The third-order valence-electron chi connectivity index (χ3n) is 3.24. The Kier molecular flexibility index (Phi) is 6.45. The van der Waals surface area contributed by atoms with Crippen molar-refractivity contribution in [3.05, 3.63) is 0 Å². The minimum absolute atomic E-state index is 0.0392. The molecule has 0 aromatic rings. The summed E-state index contributed by atoms with van der Waals surface area (Å²) in [5.41, 5.74) is -0.609. The first-order valence-corrected chi connectivity index (χ1v) is 9.26. The van der Waals surface area contributed by atoms with E-state index in [1.165, 1.54) is 4.90 Å². The summed E-state index contributed by atoms with van der Waals surface area (Å²) in [6.07, 6.45) is 5.10. The molecule has 7 nitrogen and oxygen atoms in total. The highest BCUT2D eigenvalue weighted by atomic mass is 32.2. The molecule has 0 radical (unpaired) electrons. The fourth-order valence-electron chi connectivity index (χ4n) is 2.27. The Bertz CT molecular complexity index is 586. The van der Waals surface area contributed by atoms with E-state index in [0.29, 0.717) is 6.42 Å². The number of nitrogens with one attached hydrogen (secondary N) is 1. The second-order valence-electron chi connectivity index (χ2n) is 6.46. The molecule has 0 aromatic heterocycles. The molecule has 0 saturated carbocycles. The molecule has 23 heavy (non-hydrogen) atoms. The highest BCUT2D eigenvalue weighted by molar-refractivity contribution is 7.91. The summed E-state index contributed by atoms with van der Waals surface area (Å²) in [4.78, 5) is 25.2. The van der Waals surface area contributed by atoms with Crippen molar-refractivity contribution in [1.82, 2.24) is 10.2 Å². The van der Waals surface area contributed by atoms with Gasteiger partial charge in [-0.2, -0.15) is 0 Å². The van der Waals surface area contributed by atoms with Gasteiger partial charge in [0.2, 0.25) is 5.91 Å². The van der Waals surface area contributed by atoms with Crippen LogP contribution in [0.5, 0.6) is 0 Å². The molecular formula is C15H24N2O5S. The van der Waals surface area contributed by atoms with Crippen molar-refractivity contribution >= 4 is 21.8 Å². The first-order valence-electron chi connectivity index (χ1n) is 7.44. The molecule has 0 aliphatic carbocycles. The van der Waals surface area contributed by atoms with E-state index < -0.39 is 21.5 Å². The van der Waals surface area contributed by atoms with Gasteiger partial charge in [-0.05, 0) is 27.2 Å². The lowest BCUT2D eigenvalue weighted by molar-refractivity contribution is -0.132. The molecule has 1 rings (SSSR count). The molecule has 0 spiro atoms. The number of rotatable bonds is 5. The molecule has 1 atom stereocenters. The van der Waals surface area contributed by atoms with Gasteiger partial charge >= 0.3 is 6.09 Å². The molecule has 2 amide bonds. The Hall–Kier alpha value is -1.75. The van der Waals surface area contributed by atoms with Crippen LogP contribution >= 0.6 is 0 Å². The quantitative estimate of drug-likeness (QED) is 0.735. The Balaban J connectivity index is 2.50. The van der Waals surface area contributed by atoms with Crippen LogP contribution in [0.1, 0.15) is 33.6 Å². The lowest BCUT2D eigenvalue weighted by atomic mass is 10.2. The number of alkyl carbamates (subject to hydrolysis) is 1. The SMILES string of the molecule is C#CCN(C(=O)CCNC(=O)OC(C)(C)C)C1CCS(=O)(=O)C1. The highest BCUT2D eigenvalue weighted by Crippen LogP contribution is 2.18. The van der Waals surface area contributed by atoms with E-state index in [4.69, 9.17) is 11.2 Å². The van der Waals surface area contributed by atoms with Gasteiger partial charge in [-0.1, -0.05) is 5.92 Å². The maximum atomic E-state index is 12.2. The Labute approximate surface area is 137 Å². The summed E-state index contributed by atoms with van der Waals surface area (Å²) in [7, 11) is -3.10. The van der Waals surface area contributed by atoms with Gasteiger partial charge in [0.1, 0.15) is 5.60 Å². The van der Waals surface area contributed by atoms with E-state index in [9.17, 15) is 18.0 Å². The second-order valence-corrected chi connectivity index (χ2v) is 8.69. The van der Waals surface area contributed by atoms with Crippen LogP contribution < -0.4 is 5.32 Å². The molecule has 1 aliphatic rings. The Morgan fingerprint density at radius 1 is 1.39 bits per heavy atom. The molecule has 0 bridgehead atoms. The second kappa shape index (κ2) is 7.68. The first-order chi connectivity index (χ1) is 10.5. The van der Waals surface area contributed by atoms with Crippen molar-refractivity contribution in [2.24, 2.45) is 0 Å². The van der Waals surface area contributed by atoms with Gasteiger partial charge in [0.15, 0.2) is 9.84 Å². The van der Waals surface area contributed by atoms with Crippen molar-refractivity contribution in [2.45, 2.75) is 45.3 Å². The lowest BCUT2D eigenvalue weighted by Gasteiger charge is -2.26. The molecule has 1 N–H and O–H groups in total. The third kappa shape index (κ3) is 6.91. The van der Waals surface area contributed by atoms with Gasteiger partial charge in [0.05, 0.1) is 18.1 Å². The van der Waals surface area contributed by atoms with E-state index in [1.54, 1.807) is 20.8 Å². The third-order valence-corrected chi connectivity index (χ3v) is 4.99. The maximum absolute atomic E-state index is 12.2. The van der Waals surface area contributed by atoms with Crippen LogP contribution in [0, 0.1) is 12.3 Å². The molecule has 1 saturated heterocycles. The summed E-state index contributed by atoms with van der Waals surface area (Å²) in [6, 6.07) is -0.384. The number of carbonyl (C=O) groups is 2. The van der Waals surface area contributed by atoms with Crippen LogP contribution in [0.25, 0.3) is 0 Å². The zero-order valence-corrected chi connectivity index (χ0v) is 14.6. The number of hydrogen-bond donors (Lipinski definition) is 1. The minimum Gasteiger partial charge on any atom is -0.444 e. The van der Waals surface area contributed by atoms with Crippen molar-refractivity contribution in [1.29, 1.82) is 0 Å². The van der Waals surface area contributed by atoms with E-state index in [2.05, 4.69) is 11.2 Å². The standard InChI is InChI=1S/C15H24N2O5S/c1-5-9-17(12-7-10-23(20,21)11-12)13(18)6-8-16-14(19)22-15(2,3)4/h1,12H,6-11H2,2-4H3,(H,16,19). The number of ether oxygens (including phenoxy) is 1. The largest absolute Gasteiger partial charge is 0.444 e. The van der Waals surface area contributed by atoms with Crippen molar-refractivity contribution in [3.63, 3.8) is 0 Å².